The lowest BCUT2D eigenvalue weighted by molar-refractivity contribution is 0.102. The standard InChI is InChI=1S/C23H21N5O2/c1-16-25-26-27-28(16)21-15-19(12-13-22(21)30-2)24-23(29)20-11-7-6-10-18(20)14-17-8-4-3-5-9-17/h3-13,15H,14H2,1-2H3,(H,24,29). The molecule has 7 nitrogen and oxygen atoms in total. The number of aromatic nitrogens is 4. The Hall–Kier alpha value is -4.00. The molecular weight excluding hydrogens is 378 g/mol. The van der Waals surface area contributed by atoms with Gasteiger partial charge >= 0.3 is 0 Å². The number of anilines is 1. The van der Waals surface area contributed by atoms with Crippen LogP contribution in [0.4, 0.5) is 5.69 Å². The quantitative estimate of drug-likeness (QED) is 0.533. The van der Waals surface area contributed by atoms with Gasteiger partial charge in [-0.05, 0) is 59.2 Å². The number of methoxy groups -OCH3 is 1. The summed E-state index contributed by atoms with van der Waals surface area (Å²) in [4.78, 5) is 13.1. The van der Waals surface area contributed by atoms with Crippen LogP contribution >= 0.6 is 0 Å². The lowest BCUT2D eigenvalue weighted by atomic mass is 9.99. The van der Waals surface area contributed by atoms with Crippen molar-refractivity contribution in [2.24, 2.45) is 0 Å². The fourth-order valence-electron chi connectivity index (χ4n) is 3.30. The molecule has 0 unspecified atom stereocenters. The fraction of sp³-hybridized carbons (Fsp3) is 0.130. The maximum atomic E-state index is 13.1. The highest BCUT2D eigenvalue weighted by atomic mass is 16.5. The number of tetrazole rings is 1. The number of amides is 1. The molecule has 4 rings (SSSR count). The van der Waals surface area contributed by atoms with E-state index in [1.54, 1.807) is 36.9 Å². The second-order valence-electron chi connectivity index (χ2n) is 6.80. The largest absolute Gasteiger partial charge is 0.494 e. The molecule has 30 heavy (non-hydrogen) atoms. The van der Waals surface area contributed by atoms with Gasteiger partial charge in [-0.3, -0.25) is 4.79 Å². The Morgan fingerprint density at radius 3 is 2.53 bits per heavy atom. The number of benzene rings is 3. The second-order valence-corrected chi connectivity index (χ2v) is 6.80. The van der Waals surface area contributed by atoms with Crippen molar-refractivity contribution in [2.75, 3.05) is 12.4 Å². The molecule has 1 amide bonds. The molecule has 150 valence electrons. The summed E-state index contributed by atoms with van der Waals surface area (Å²) in [6.45, 7) is 1.80. The van der Waals surface area contributed by atoms with E-state index in [2.05, 4.69) is 33.0 Å². The summed E-state index contributed by atoms with van der Waals surface area (Å²) >= 11 is 0. The third-order valence-corrected chi connectivity index (χ3v) is 4.79. The SMILES string of the molecule is COc1ccc(NC(=O)c2ccccc2Cc2ccccc2)cc1-n1nnnc1C. The summed E-state index contributed by atoms with van der Waals surface area (Å²) in [6.07, 6.45) is 0.683. The molecule has 0 atom stereocenters. The first-order valence-electron chi connectivity index (χ1n) is 9.52. The molecule has 0 aliphatic rings. The fourth-order valence-corrected chi connectivity index (χ4v) is 3.30. The lowest BCUT2D eigenvalue weighted by Gasteiger charge is -2.13. The Bertz CT molecular complexity index is 1170. The van der Waals surface area contributed by atoms with E-state index in [0.717, 1.165) is 11.1 Å². The smallest absolute Gasteiger partial charge is 0.255 e. The van der Waals surface area contributed by atoms with E-state index in [4.69, 9.17) is 4.74 Å². The van der Waals surface area contributed by atoms with Gasteiger partial charge < -0.3 is 10.1 Å². The summed E-state index contributed by atoms with van der Waals surface area (Å²) in [5.74, 6) is 1.05. The minimum atomic E-state index is -0.175. The van der Waals surface area contributed by atoms with Gasteiger partial charge in [0, 0.05) is 11.3 Å². The molecule has 0 aliphatic carbocycles. The molecule has 0 spiro atoms. The van der Waals surface area contributed by atoms with E-state index in [9.17, 15) is 4.79 Å². The molecule has 0 bridgehead atoms. The first-order valence-corrected chi connectivity index (χ1v) is 9.52. The van der Waals surface area contributed by atoms with Crippen LogP contribution in [0.25, 0.3) is 5.69 Å². The van der Waals surface area contributed by atoms with Crippen molar-refractivity contribution in [2.45, 2.75) is 13.3 Å². The Kier molecular flexibility index (Phi) is 5.52. The third kappa shape index (κ3) is 4.05. The van der Waals surface area contributed by atoms with Gasteiger partial charge in [0.2, 0.25) is 0 Å². The number of nitrogens with zero attached hydrogens (tertiary/aromatic N) is 4. The van der Waals surface area contributed by atoms with E-state index >= 15 is 0 Å². The molecule has 4 aromatic rings. The summed E-state index contributed by atoms with van der Waals surface area (Å²) < 4.78 is 6.99. The number of ether oxygens (including phenoxy) is 1. The van der Waals surface area contributed by atoms with Crippen molar-refractivity contribution in [1.29, 1.82) is 0 Å². The van der Waals surface area contributed by atoms with E-state index in [-0.39, 0.29) is 5.91 Å². The van der Waals surface area contributed by atoms with Crippen LogP contribution in [0.15, 0.2) is 72.8 Å². The summed E-state index contributed by atoms with van der Waals surface area (Å²) in [6, 6.07) is 23.1. The minimum absolute atomic E-state index is 0.175. The summed E-state index contributed by atoms with van der Waals surface area (Å²) in [5.41, 5.74) is 4.03. The number of carbonyl (C=O) groups is 1. The monoisotopic (exact) mass is 399 g/mol. The van der Waals surface area contributed by atoms with E-state index in [1.807, 2.05) is 42.5 Å². The summed E-state index contributed by atoms with van der Waals surface area (Å²) in [7, 11) is 1.58. The predicted molar refractivity (Wildman–Crippen MR) is 114 cm³/mol. The average Bonchev–Trinajstić information content (AvgIpc) is 3.20. The van der Waals surface area contributed by atoms with Crippen molar-refractivity contribution in [3.63, 3.8) is 0 Å². The van der Waals surface area contributed by atoms with Crippen molar-refractivity contribution in [3.8, 4) is 11.4 Å². The van der Waals surface area contributed by atoms with E-state index in [1.165, 1.54) is 0 Å². The normalized spacial score (nSPS) is 10.6. The Labute approximate surface area is 174 Å². The number of aryl methyl sites for hydroxylation is 1. The maximum absolute atomic E-state index is 13.1. The summed E-state index contributed by atoms with van der Waals surface area (Å²) in [5, 5.41) is 14.6. The number of nitrogens with one attached hydrogen (secondary N) is 1. The van der Waals surface area contributed by atoms with Gasteiger partial charge in [-0.15, -0.1) is 5.10 Å². The Morgan fingerprint density at radius 2 is 1.80 bits per heavy atom. The van der Waals surface area contributed by atoms with Gasteiger partial charge in [-0.2, -0.15) is 4.68 Å². The zero-order chi connectivity index (χ0) is 20.9. The molecule has 0 saturated carbocycles. The minimum Gasteiger partial charge on any atom is -0.494 e. The van der Waals surface area contributed by atoms with Crippen LogP contribution in [0.1, 0.15) is 27.3 Å². The van der Waals surface area contributed by atoms with Crippen LogP contribution < -0.4 is 10.1 Å². The third-order valence-electron chi connectivity index (χ3n) is 4.79. The number of hydrogen-bond acceptors (Lipinski definition) is 5. The molecule has 0 saturated heterocycles. The number of hydrogen-bond donors (Lipinski definition) is 1. The predicted octanol–water partition coefficient (Wildman–Crippen LogP) is 3.82. The van der Waals surface area contributed by atoms with Gasteiger partial charge in [0.05, 0.1) is 7.11 Å². The maximum Gasteiger partial charge on any atom is 0.255 e. The molecular formula is C23H21N5O2. The van der Waals surface area contributed by atoms with E-state index in [0.29, 0.717) is 34.9 Å². The van der Waals surface area contributed by atoms with Gasteiger partial charge in [-0.1, -0.05) is 48.5 Å². The average molecular weight is 399 g/mol. The number of carbonyl (C=O) groups excluding carboxylic acids is 1. The molecule has 1 heterocycles. The first kappa shape index (κ1) is 19.3. The van der Waals surface area contributed by atoms with Crippen LogP contribution in [-0.4, -0.2) is 33.2 Å². The van der Waals surface area contributed by atoms with Gasteiger partial charge in [-0.25, -0.2) is 0 Å². The van der Waals surface area contributed by atoms with Crippen LogP contribution in [0.5, 0.6) is 5.75 Å². The second kappa shape index (κ2) is 8.57. The highest BCUT2D eigenvalue weighted by Crippen LogP contribution is 2.27. The first-order chi connectivity index (χ1) is 14.7. The van der Waals surface area contributed by atoms with Crippen molar-refractivity contribution in [3.05, 3.63) is 95.3 Å². The zero-order valence-electron chi connectivity index (χ0n) is 16.7. The zero-order valence-corrected chi connectivity index (χ0v) is 16.7. The highest BCUT2D eigenvalue weighted by molar-refractivity contribution is 6.05. The number of rotatable bonds is 6. The van der Waals surface area contributed by atoms with Crippen LogP contribution in [0, 0.1) is 6.92 Å². The van der Waals surface area contributed by atoms with Gasteiger partial charge in [0.15, 0.2) is 5.82 Å². The van der Waals surface area contributed by atoms with E-state index < -0.39 is 0 Å². The van der Waals surface area contributed by atoms with Gasteiger partial charge in [0.1, 0.15) is 11.4 Å². The van der Waals surface area contributed by atoms with Crippen LogP contribution in [-0.2, 0) is 6.42 Å². The Morgan fingerprint density at radius 1 is 1.03 bits per heavy atom. The molecule has 0 aliphatic heterocycles. The molecule has 7 heteroatoms. The molecule has 0 fully saturated rings. The topological polar surface area (TPSA) is 81.9 Å². The van der Waals surface area contributed by atoms with Crippen molar-refractivity contribution in [1.82, 2.24) is 20.2 Å². The van der Waals surface area contributed by atoms with Crippen molar-refractivity contribution >= 4 is 11.6 Å². The molecule has 1 N–H and O–H groups in total. The molecule has 0 radical (unpaired) electrons. The van der Waals surface area contributed by atoms with Crippen LogP contribution in [0.2, 0.25) is 0 Å². The lowest BCUT2D eigenvalue weighted by Crippen LogP contribution is -2.15. The van der Waals surface area contributed by atoms with Gasteiger partial charge in [0.25, 0.3) is 5.91 Å². The molecule has 3 aromatic carbocycles. The van der Waals surface area contributed by atoms with Crippen molar-refractivity contribution < 1.29 is 9.53 Å². The Balaban J connectivity index is 1.61. The molecule has 1 aromatic heterocycles. The highest BCUT2D eigenvalue weighted by Gasteiger charge is 2.15. The van der Waals surface area contributed by atoms with Crippen LogP contribution in [0.3, 0.4) is 0 Å².